The number of pyridine rings is 1. The molecule has 0 aliphatic carbocycles. The zero-order chi connectivity index (χ0) is 18.7. The number of hydrogen-bond donors (Lipinski definition) is 1. The lowest BCUT2D eigenvalue weighted by Crippen LogP contribution is -2.36. The summed E-state index contributed by atoms with van der Waals surface area (Å²) in [5.74, 6) is -0.311. The van der Waals surface area contributed by atoms with Gasteiger partial charge in [0.05, 0.1) is 18.9 Å². The van der Waals surface area contributed by atoms with Gasteiger partial charge in [-0.25, -0.2) is 18.9 Å². The zero-order valence-corrected chi connectivity index (χ0v) is 14.9. The van der Waals surface area contributed by atoms with Crippen molar-refractivity contribution < 1.29 is 13.9 Å². The first-order chi connectivity index (χ1) is 12.5. The van der Waals surface area contributed by atoms with Gasteiger partial charge in [0.2, 0.25) is 5.88 Å². The molecule has 0 fully saturated rings. The molecule has 2 aromatic rings. The SMILES string of the molecule is CCCn1nc2n(c1=O)CCC(NC(=O)c1cc(OC)ncc1F)CC2. The van der Waals surface area contributed by atoms with E-state index in [1.165, 1.54) is 17.9 Å². The molecule has 1 N–H and O–H groups in total. The third kappa shape index (κ3) is 3.61. The number of hydrogen-bond acceptors (Lipinski definition) is 5. The van der Waals surface area contributed by atoms with Crippen LogP contribution in [0.4, 0.5) is 4.39 Å². The average Bonchev–Trinajstić information content (AvgIpc) is 2.79. The fraction of sp³-hybridized carbons (Fsp3) is 0.529. The van der Waals surface area contributed by atoms with E-state index in [2.05, 4.69) is 15.4 Å². The monoisotopic (exact) mass is 363 g/mol. The molecule has 0 aromatic carbocycles. The molecule has 0 radical (unpaired) electrons. The molecule has 3 heterocycles. The lowest BCUT2D eigenvalue weighted by Gasteiger charge is -2.16. The predicted octanol–water partition coefficient (Wildman–Crippen LogP) is 1.13. The van der Waals surface area contributed by atoms with Gasteiger partial charge in [0.25, 0.3) is 5.91 Å². The van der Waals surface area contributed by atoms with Crippen molar-refractivity contribution >= 4 is 5.91 Å². The summed E-state index contributed by atoms with van der Waals surface area (Å²) in [4.78, 5) is 28.5. The lowest BCUT2D eigenvalue weighted by molar-refractivity contribution is 0.0928. The van der Waals surface area contributed by atoms with Gasteiger partial charge in [0, 0.05) is 31.6 Å². The minimum atomic E-state index is -0.702. The van der Waals surface area contributed by atoms with Gasteiger partial charge < -0.3 is 10.1 Å². The molecule has 8 nitrogen and oxygen atoms in total. The van der Waals surface area contributed by atoms with Crippen LogP contribution in [-0.4, -0.2) is 38.4 Å². The van der Waals surface area contributed by atoms with E-state index in [1.54, 1.807) is 4.57 Å². The summed E-state index contributed by atoms with van der Waals surface area (Å²) in [6.07, 6.45) is 3.61. The minimum Gasteiger partial charge on any atom is -0.481 e. The Labute approximate surface area is 150 Å². The summed E-state index contributed by atoms with van der Waals surface area (Å²) in [5.41, 5.74) is -0.220. The lowest BCUT2D eigenvalue weighted by atomic mass is 10.1. The van der Waals surface area contributed by atoms with Crippen molar-refractivity contribution in [3.8, 4) is 5.88 Å². The minimum absolute atomic E-state index is 0.107. The highest BCUT2D eigenvalue weighted by atomic mass is 19.1. The van der Waals surface area contributed by atoms with E-state index >= 15 is 0 Å². The zero-order valence-electron chi connectivity index (χ0n) is 14.9. The number of halogens is 1. The first-order valence-electron chi connectivity index (χ1n) is 8.70. The molecule has 1 aliphatic heterocycles. The van der Waals surface area contributed by atoms with Crippen LogP contribution in [0.3, 0.4) is 0 Å². The first kappa shape index (κ1) is 18.1. The van der Waals surface area contributed by atoms with Crippen molar-refractivity contribution in [1.29, 1.82) is 0 Å². The molecule has 9 heteroatoms. The Morgan fingerprint density at radius 2 is 2.27 bits per heavy atom. The number of ether oxygens (including phenoxy) is 1. The van der Waals surface area contributed by atoms with E-state index in [-0.39, 0.29) is 23.2 Å². The number of methoxy groups -OCH3 is 1. The van der Waals surface area contributed by atoms with Gasteiger partial charge in [0.1, 0.15) is 5.82 Å². The van der Waals surface area contributed by atoms with E-state index in [0.29, 0.717) is 32.4 Å². The summed E-state index contributed by atoms with van der Waals surface area (Å²) < 4.78 is 22.0. The van der Waals surface area contributed by atoms with Crippen LogP contribution in [0, 0.1) is 5.82 Å². The van der Waals surface area contributed by atoms with Crippen molar-refractivity contribution in [2.45, 2.75) is 51.7 Å². The van der Waals surface area contributed by atoms with E-state index < -0.39 is 11.7 Å². The van der Waals surface area contributed by atoms with E-state index in [9.17, 15) is 14.0 Å². The largest absolute Gasteiger partial charge is 0.481 e. The smallest absolute Gasteiger partial charge is 0.345 e. The molecule has 1 aliphatic rings. The summed E-state index contributed by atoms with van der Waals surface area (Å²) >= 11 is 0. The molecule has 0 saturated heterocycles. The van der Waals surface area contributed by atoms with E-state index in [4.69, 9.17) is 4.74 Å². The van der Waals surface area contributed by atoms with Gasteiger partial charge >= 0.3 is 5.69 Å². The molecule has 0 spiro atoms. The van der Waals surface area contributed by atoms with E-state index in [0.717, 1.165) is 18.4 Å². The number of nitrogens with zero attached hydrogens (tertiary/aromatic N) is 4. The highest BCUT2D eigenvalue weighted by Gasteiger charge is 2.23. The van der Waals surface area contributed by atoms with Gasteiger partial charge in [0.15, 0.2) is 5.82 Å². The molecule has 1 unspecified atom stereocenters. The molecular weight excluding hydrogens is 341 g/mol. The highest BCUT2D eigenvalue weighted by Crippen LogP contribution is 2.16. The second-order valence-electron chi connectivity index (χ2n) is 6.28. The van der Waals surface area contributed by atoms with Crippen LogP contribution in [0.15, 0.2) is 17.1 Å². The maximum absolute atomic E-state index is 13.9. The van der Waals surface area contributed by atoms with Crippen molar-refractivity contribution in [3.63, 3.8) is 0 Å². The maximum atomic E-state index is 13.9. The Morgan fingerprint density at radius 1 is 1.46 bits per heavy atom. The Bertz CT molecular complexity index is 861. The van der Waals surface area contributed by atoms with Crippen LogP contribution in [0.5, 0.6) is 5.88 Å². The molecule has 140 valence electrons. The quantitative estimate of drug-likeness (QED) is 0.860. The number of rotatable bonds is 5. The number of amides is 1. The summed E-state index contributed by atoms with van der Waals surface area (Å²) in [6, 6.07) is 1.11. The van der Waals surface area contributed by atoms with Crippen molar-refractivity contribution in [2.24, 2.45) is 0 Å². The molecular formula is C17H22FN5O3. The Balaban J connectivity index is 1.69. The standard InChI is InChI=1S/C17H22FN5O3/c1-3-7-23-17(25)22-8-6-11(4-5-14(22)21-23)20-16(24)12-9-15(26-2)19-10-13(12)18/h9-11H,3-8H2,1-2H3,(H,20,24). The van der Waals surface area contributed by atoms with Crippen LogP contribution in [-0.2, 0) is 19.5 Å². The van der Waals surface area contributed by atoms with Crippen molar-refractivity contribution in [1.82, 2.24) is 24.6 Å². The maximum Gasteiger partial charge on any atom is 0.345 e. The summed E-state index contributed by atoms with van der Waals surface area (Å²) in [7, 11) is 1.40. The third-order valence-corrected chi connectivity index (χ3v) is 4.47. The number of carbonyl (C=O) groups excluding carboxylic acids is 1. The molecule has 1 amide bonds. The fourth-order valence-corrected chi connectivity index (χ4v) is 3.10. The molecule has 3 rings (SSSR count). The van der Waals surface area contributed by atoms with Gasteiger partial charge in [-0.3, -0.25) is 9.36 Å². The number of carbonyl (C=O) groups is 1. The fourth-order valence-electron chi connectivity index (χ4n) is 3.10. The van der Waals surface area contributed by atoms with Crippen molar-refractivity contribution in [3.05, 3.63) is 40.0 Å². The second kappa shape index (κ2) is 7.67. The number of aromatic nitrogens is 4. The van der Waals surface area contributed by atoms with Crippen LogP contribution in [0.1, 0.15) is 42.4 Å². The highest BCUT2D eigenvalue weighted by molar-refractivity contribution is 5.94. The van der Waals surface area contributed by atoms with Gasteiger partial charge in [-0.05, 0) is 19.3 Å². The topological polar surface area (TPSA) is 91.0 Å². The Kier molecular flexibility index (Phi) is 5.34. The molecule has 2 aromatic heterocycles. The normalized spacial score (nSPS) is 16.7. The van der Waals surface area contributed by atoms with Gasteiger partial charge in [-0.15, -0.1) is 0 Å². The molecule has 26 heavy (non-hydrogen) atoms. The number of aryl methyl sites for hydroxylation is 2. The van der Waals surface area contributed by atoms with E-state index in [1.807, 2.05) is 6.92 Å². The predicted molar refractivity (Wildman–Crippen MR) is 91.7 cm³/mol. The third-order valence-electron chi connectivity index (χ3n) is 4.47. The van der Waals surface area contributed by atoms with Crippen molar-refractivity contribution in [2.75, 3.05) is 7.11 Å². The molecule has 0 saturated carbocycles. The first-order valence-corrected chi connectivity index (χ1v) is 8.70. The van der Waals surface area contributed by atoms with Crippen LogP contribution in [0.2, 0.25) is 0 Å². The average molecular weight is 363 g/mol. The summed E-state index contributed by atoms with van der Waals surface area (Å²) in [5, 5.41) is 7.22. The van der Waals surface area contributed by atoms with Gasteiger partial charge in [-0.1, -0.05) is 6.92 Å². The van der Waals surface area contributed by atoms with Crippen LogP contribution < -0.4 is 15.7 Å². The van der Waals surface area contributed by atoms with Crippen LogP contribution in [0.25, 0.3) is 0 Å². The van der Waals surface area contributed by atoms with Crippen LogP contribution >= 0.6 is 0 Å². The molecule has 0 bridgehead atoms. The Morgan fingerprint density at radius 3 is 3.00 bits per heavy atom. The number of fused-ring (bicyclic) bond motifs is 1. The second-order valence-corrected chi connectivity index (χ2v) is 6.28. The summed E-state index contributed by atoms with van der Waals surface area (Å²) in [6.45, 7) is 3.07. The number of nitrogens with one attached hydrogen (secondary N) is 1. The molecule has 1 atom stereocenters. The Hall–Kier alpha value is -2.71. The van der Waals surface area contributed by atoms with Gasteiger partial charge in [-0.2, -0.15) is 5.10 Å².